The molecule has 1 aliphatic rings. The molecule has 0 amide bonds. The lowest BCUT2D eigenvalue weighted by Gasteiger charge is -2.29. The molecule has 1 atom stereocenters. The first-order chi connectivity index (χ1) is 10.6. The van der Waals surface area contributed by atoms with Crippen LogP contribution < -0.4 is 17.2 Å². The molecule has 23 heavy (non-hydrogen) atoms. The molecule has 0 aliphatic heterocycles. The fourth-order valence-corrected chi connectivity index (χ4v) is 3.50. The maximum absolute atomic E-state index is 6.56. The van der Waals surface area contributed by atoms with Crippen LogP contribution in [0.1, 0.15) is 42.0 Å². The highest BCUT2D eigenvalue weighted by atomic mass is 14.9. The molecule has 1 aliphatic carbocycles. The average Bonchev–Trinajstić information content (AvgIpc) is 2.53. The minimum Gasteiger partial charge on any atom is -0.397 e. The lowest BCUT2D eigenvalue weighted by molar-refractivity contribution is 0.493. The summed E-state index contributed by atoms with van der Waals surface area (Å²) in [5.41, 5.74) is 13.6. The van der Waals surface area contributed by atoms with E-state index in [1.54, 1.807) is 0 Å². The van der Waals surface area contributed by atoms with Gasteiger partial charge in [0.15, 0.2) is 0 Å². The van der Waals surface area contributed by atoms with Gasteiger partial charge in [-0.25, -0.2) is 0 Å². The summed E-state index contributed by atoms with van der Waals surface area (Å²) in [6.45, 7) is 4.59. The van der Waals surface area contributed by atoms with E-state index in [1.165, 1.54) is 22.3 Å². The summed E-state index contributed by atoms with van der Waals surface area (Å²) in [6, 6.07) is 17.2. The Morgan fingerprint density at radius 1 is 1.00 bits per heavy atom. The van der Waals surface area contributed by atoms with Gasteiger partial charge in [-0.3, -0.25) is 0 Å². The molecule has 0 heterocycles. The van der Waals surface area contributed by atoms with Crippen LogP contribution in [0.4, 0.5) is 0 Å². The normalized spacial score (nSPS) is 19.9. The third-order valence-electron chi connectivity index (χ3n) is 4.70. The van der Waals surface area contributed by atoms with Gasteiger partial charge in [0.1, 0.15) is 0 Å². The van der Waals surface area contributed by atoms with Gasteiger partial charge in [0.25, 0.3) is 0 Å². The van der Waals surface area contributed by atoms with Crippen LogP contribution in [0, 0.1) is 5.92 Å². The van der Waals surface area contributed by atoms with Gasteiger partial charge in [0, 0.05) is 18.2 Å². The molecule has 0 radical (unpaired) electrons. The quantitative estimate of drug-likeness (QED) is 0.780. The lowest BCUT2D eigenvalue weighted by atomic mass is 9.77. The molecule has 0 aromatic heterocycles. The van der Waals surface area contributed by atoms with Crippen LogP contribution in [0.15, 0.2) is 48.5 Å². The molecular formula is C20H27N3. The summed E-state index contributed by atoms with van der Waals surface area (Å²) in [6.07, 6.45) is 1.04. The summed E-state index contributed by atoms with van der Waals surface area (Å²) in [5, 5.41) is 3.32. The molecule has 1 unspecified atom stereocenters. The fourth-order valence-electron chi connectivity index (χ4n) is 3.50. The molecule has 0 saturated heterocycles. The molecule has 0 spiro atoms. The Kier molecular flexibility index (Phi) is 5.12. The van der Waals surface area contributed by atoms with Crippen LogP contribution in [-0.4, -0.2) is 7.05 Å². The standard InChI is InChI=1S/C20H24N2.H3N/c1-13(2)18-12-14-8-4-5-9-15(14)20(22-3)19(21)17-11-7-6-10-16(17)18;/h4-11,13,18,22H,12,21H2,1-3H3;1H3/b20-19-;. The van der Waals surface area contributed by atoms with Crippen LogP contribution in [0.3, 0.4) is 0 Å². The van der Waals surface area contributed by atoms with Gasteiger partial charge in [0.2, 0.25) is 0 Å². The van der Waals surface area contributed by atoms with E-state index in [-0.39, 0.29) is 6.15 Å². The molecule has 3 rings (SSSR count). The number of benzene rings is 2. The van der Waals surface area contributed by atoms with Crippen LogP contribution in [0.5, 0.6) is 0 Å². The summed E-state index contributed by atoms with van der Waals surface area (Å²) in [7, 11) is 1.95. The van der Waals surface area contributed by atoms with Crippen molar-refractivity contribution in [2.75, 3.05) is 7.05 Å². The molecule has 2 aromatic carbocycles. The Hall–Kier alpha value is -2.26. The Morgan fingerprint density at radius 2 is 1.61 bits per heavy atom. The van der Waals surface area contributed by atoms with Crippen LogP contribution in [0.25, 0.3) is 11.4 Å². The van der Waals surface area contributed by atoms with Gasteiger partial charge in [-0.1, -0.05) is 62.4 Å². The van der Waals surface area contributed by atoms with Gasteiger partial charge in [-0.15, -0.1) is 0 Å². The average molecular weight is 309 g/mol. The second-order valence-corrected chi connectivity index (χ2v) is 6.34. The fraction of sp³-hybridized carbons (Fsp3) is 0.300. The third-order valence-corrected chi connectivity index (χ3v) is 4.70. The molecule has 3 heteroatoms. The number of rotatable bonds is 2. The van der Waals surface area contributed by atoms with Crippen LogP contribution in [0.2, 0.25) is 0 Å². The van der Waals surface area contributed by atoms with Crippen molar-refractivity contribution in [1.82, 2.24) is 11.5 Å². The zero-order valence-corrected chi connectivity index (χ0v) is 14.3. The smallest absolute Gasteiger partial charge is 0.0654 e. The molecule has 6 N–H and O–H groups in total. The maximum atomic E-state index is 6.56. The van der Waals surface area contributed by atoms with E-state index >= 15 is 0 Å². The van der Waals surface area contributed by atoms with Gasteiger partial charge < -0.3 is 17.2 Å². The summed E-state index contributed by atoms with van der Waals surface area (Å²) >= 11 is 0. The predicted octanol–water partition coefficient (Wildman–Crippen LogP) is 4.15. The number of nitrogens with one attached hydrogen (secondary N) is 1. The summed E-state index contributed by atoms with van der Waals surface area (Å²) in [4.78, 5) is 0. The first-order valence-corrected chi connectivity index (χ1v) is 7.98. The van der Waals surface area contributed by atoms with Crippen molar-refractivity contribution in [2.45, 2.75) is 26.2 Å². The predicted molar refractivity (Wildman–Crippen MR) is 99.3 cm³/mol. The summed E-state index contributed by atoms with van der Waals surface area (Å²) in [5.74, 6) is 1.05. The molecule has 122 valence electrons. The third kappa shape index (κ3) is 2.97. The Bertz CT molecular complexity index is 716. The SMILES string of the molecule is CN/C1=C(\N)c2ccccc2C(C(C)C)Cc2ccccc21.N. The zero-order chi connectivity index (χ0) is 15.7. The van der Waals surface area contributed by atoms with Crippen molar-refractivity contribution in [3.05, 3.63) is 70.8 Å². The second-order valence-electron chi connectivity index (χ2n) is 6.34. The minimum absolute atomic E-state index is 0. The van der Waals surface area contributed by atoms with Crippen molar-refractivity contribution in [2.24, 2.45) is 11.7 Å². The number of hydrogen-bond acceptors (Lipinski definition) is 3. The summed E-state index contributed by atoms with van der Waals surface area (Å²) < 4.78 is 0. The first kappa shape index (κ1) is 17.1. The number of fused-ring (bicyclic) bond motifs is 2. The van der Waals surface area contributed by atoms with Crippen LogP contribution >= 0.6 is 0 Å². The van der Waals surface area contributed by atoms with E-state index in [2.05, 4.69) is 67.7 Å². The molecule has 3 nitrogen and oxygen atoms in total. The van der Waals surface area contributed by atoms with Crippen molar-refractivity contribution >= 4 is 11.4 Å². The second kappa shape index (κ2) is 6.88. The van der Waals surface area contributed by atoms with Gasteiger partial charge >= 0.3 is 0 Å². The van der Waals surface area contributed by atoms with Gasteiger partial charge in [-0.05, 0) is 29.4 Å². The van der Waals surface area contributed by atoms with E-state index in [4.69, 9.17) is 5.73 Å². The highest BCUT2D eigenvalue weighted by Gasteiger charge is 2.25. The Morgan fingerprint density at radius 3 is 2.26 bits per heavy atom. The minimum atomic E-state index is 0. The monoisotopic (exact) mass is 309 g/mol. The lowest BCUT2D eigenvalue weighted by Crippen LogP contribution is -2.21. The highest BCUT2D eigenvalue weighted by Crippen LogP contribution is 2.38. The van der Waals surface area contributed by atoms with Crippen molar-refractivity contribution in [3.8, 4) is 0 Å². The van der Waals surface area contributed by atoms with E-state index < -0.39 is 0 Å². The van der Waals surface area contributed by atoms with E-state index in [1.807, 2.05) is 7.05 Å². The first-order valence-electron chi connectivity index (χ1n) is 7.98. The maximum Gasteiger partial charge on any atom is 0.0654 e. The molecule has 0 fully saturated rings. The van der Waals surface area contributed by atoms with E-state index in [0.717, 1.165) is 17.8 Å². The van der Waals surface area contributed by atoms with Crippen molar-refractivity contribution in [1.29, 1.82) is 0 Å². The molecule has 2 aromatic rings. The topological polar surface area (TPSA) is 73.0 Å². The molecule has 0 bridgehead atoms. The van der Waals surface area contributed by atoms with E-state index in [0.29, 0.717) is 11.8 Å². The number of nitrogens with two attached hydrogens (primary N) is 1. The Labute approximate surface area is 139 Å². The Balaban J connectivity index is 0.00000192. The largest absolute Gasteiger partial charge is 0.397 e. The molecular weight excluding hydrogens is 282 g/mol. The zero-order valence-electron chi connectivity index (χ0n) is 14.3. The van der Waals surface area contributed by atoms with E-state index in [9.17, 15) is 0 Å². The van der Waals surface area contributed by atoms with Gasteiger partial charge in [0.05, 0.1) is 11.4 Å². The van der Waals surface area contributed by atoms with Gasteiger partial charge in [-0.2, -0.15) is 0 Å². The highest BCUT2D eigenvalue weighted by molar-refractivity contribution is 5.90. The molecule has 0 saturated carbocycles. The van der Waals surface area contributed by atoms with Crippen molar-refractivity contribution < 1.29 is 0 Å². The van der Waals surface area contributed by atoms with Crippen LogP contribution in [-0.2, 0) is 6.42 Å². The van der Waals surface area contributed by atoms with Crippen molar-refractivity contribution in [3.63, 3.8) is 0 Å². The number of hydrogen-bond donors (Lipinski definition) is 3.